The predicted octanol–water partition coefficient (Wildman–Crippen LogP) is 1.91. The smallest absolute Gasteiger partial charge is 0.339 e. The fourth-order valence-electron chi connectivity index (χ4n) is 2.48. The molecule has 5 heteroatoms. The average molecular weight is 253 g/mol. The Hall–Kier alpha value is -1.62. The van der Waals surface area contributed by atoms with E-state index in [1.54, 1.807) is 0 Å². The first-order valence-electron chi connectivity index (χ1n) is 5.85. The molecule has 1 aliphatic carbocycles. The van der Waals surface area contributed by atoms with Crippen molar-refractivity contribution in [1.29, 1.82) is 0 Å². The van der Waals surface area contributed by atoms with E-state index in [0.717, 1.165) is 19.3 Å². The second-order valence-electron chi connectivity index (χ2n) is 4.68. The molecule has 0 saturated heterocycles. The number of rotatable bonds is 4. The van der Waals surface area contributed by atoms with Crippen LogP contribution in [0.1, 0.15) is 35.2 Å². The maximum absolute atomic E-state index is 13.9. The molecular weight excluding hydrogens is 237 g/mol. The Kier molecular flexibility index (Phi) is 3.26. The fraction of sp³-hybridized carbons (Fsp3) is 0.462. The van der Waals surface area contributed by atoms with Crippen LogP contribution in [0.5, 0.6) is 5.75 Å². The van der Waals surface area contributed by atoms with Crippen LogP contribution in [-0.4, -0.2) is 24.7 Å². The molecule has 0 amide bonds. The number of aromatic carboxylic acids is 1. The summed E-state index contributed by atoms with van der Waals surface area (Å²) in [6.07, 6.45) is 2.77. The highest BCUT2D eigenvalue weighted by atomic mass is 19.1. The van der Waals surface area contributed by atoms with Crippen LogP contribution in [0.25, 0.3) is 0 Å². The van der Waals surface area contributed by atoms with Gasteiger partial charge in [-0.05, 0) is 30.5 Å². The summed E-state index contributed by atoms with van der Waals surface area (Å²) in [6, 6.07) is 2.83. The summed E-state index contributed by atoms with van der Waals surface area (Å²) in [5, 5.41) is 9.10. The minimum Gasteiger partial charge on any atom is -0.493 e. The van der Waals surface area contributed by atoms with Gasteiger partial charge in [0.2, 0.25) is 0 Å². The lowest BCUT2D eigenvalue weighted by Crippen LogP contribution is -2.41. The maximum atomic E-state index is 13.9. The van der Waals surface area contributed by atoms with E-state index < -0.39 is 11.8 Å². The van der Waals surface area contributed by atoms with Crippen LogP contribution in [0.3, 0.4) is 0 Å². The Morgan fingerprint density at radius 1 is 1.56 bits per heavy atom. The standard InChI is InChI=1S/C13H16FNO3/c1-18-11-9(12(16)17)5-8(6-10(11)14)13(7-15)3-2-4-13/h5-6H,2-4,7,15H2,1H3,(H,16,17). The fourth-order valence-corrected chi connectivity index (χ4v) is 2.48. The van der Waals surface area contributed by atoms with Crippen molar-refractivity contribution in [1.82, 2.24) is 0 Å². The predicted molar refractivity (Wildman–Crippen MR) is 64.5 cm³/mol. The van der Waals surface area contributed by atoms with Crippen LogP contribution in [0, 0.1) is 5.82 Å². The summed E-state index contributed by atoms with van der Waals surface area (Å²) in [7, 11) is 1.26. The lowest BCUT2D eigenvalue weighted by atomic mass is 9.64. The number of halogens is 1. The van der Waals surface area contributed by atoms with Gasteiger partial charge in [-0.3, -0.25) is 0 Å². The molecule has 3 N–H and O–H groups in total. The number of nitrogens with two attached hydrogens (primary N) is 1. The zero-order valence-electron chi connectivity index (χ0n) is 10.2. The van der Waals surface area contributed by atoms with E-state index in [1.165, 1.54) is 19.2 Å². The van der Waals surface area contributed by atoms with Crippen molar-refractivity contribution in [2.75, 3.05) is 13.7 Å². The zero-order chi connectivity index (χ0) is 13.3. The first-order valence-corrected chi connectivity index (χ1v) is 5.85. The first kappa shape index (κ1) is 12.8. The van der Waals surface area contributed by atoms with E-state index in [9.17, 15) is 9.18 Å². The second kappa shape index (κ2) is 4.57. The Balaban J connectivity index is 2.54. The van der Waals surface area contributed by atoms with Crippen molar-refractivity contribution >= 4 is 5.97 Å². The van der Waals surface area contributed by atoms with Gasteiger partial charge in [0, 0.05) is 12.0 Å². The minimum atomic E-state index is -1.20. The van der Waals surface area contributed by atoms with Crippen LogP contribution in [-0.2, 0) is 5.41 Å². The minimum absolute atomic E-state index is 0.146. The number of ether oxygens (including phenoxy) is 1. The van der Waals surface area contributed by atoms with Crippen molar-refractivity contribution in [3.63, 3.8) is 0 Å². The number of carbonyl (C=O) groups is 1. The third-order valence-electron chi connectivity index (χ3n) is 3.79. The normalized spacial score (nSPS) is 17.1. The summed E-state index contributed by atoms with van der Waals surface area (Å²) >= 11 is 0. The van der Waals surface area contributed by atoms with Crippen LogP contribution in [0.2, 0.25) is 0 Å². The highest BCUT2D eigenvalue weighted by Crippen LogP contribution is 2.44. The van der Waals surface area contributed by atoms with Gasteiger partial charge in [0.25, 0.3) is 0 Å². The summed E-state index contributed by atoms with van der Waals surface area (Å²) in [6.45, 7) is 0.401. The highest BCUT2D eigenvalue weighted by molar-refractivity contribution is 5.91. The third kappa shape index (κ3) is 1.84. The molecule has 1 aromatic rings. The molecule has 0 spiro atoms. The Morgan fingerprint density at radius 2 is 2.22 bits per heavy atom. The van der Waals surface area contributed by atoms with Gasteiger partial charge >= 0.3 is 5.97 Å². The van der Waals surface area contributed by atoms with Gasteiger partial charge in [-0.15, -0.1) is 0 Å². The van der Waals surface area contributed by atoms with Gasteiger partial charge in [-0.1, -0.05) is 6.42 Å². The number of carboxylic acid groups (broad SMARTS) is 1. The third-order valence-corrected chi connectivity index (χ3v) is 3.79. The van der Waals surface area contributed by atoms with Gasteiger partial charge in [0.15, 0.2) is 11.6 Å². The van der Waals surface area contributed by atoms with Crippen LogP contribution in [0.15, 0.2) is 12.1 Å². The Labute approximate surface area is 105 Å². The molecule has 1 aromatic carbocycles. The molecular formula is C13H16FNO3. The molecule has 0 aromatic heterocycles. The van der Waals surface area contributed by atoms with Gasteiger partial charge in [0.1, 0.15) is 5.56 Å². The molecule has 0 bridgehead atoms. The summed E-state index contributed by atoms with van der Waals surface area (Å²) in [4.78, 5) is 11.1. The number of hydrogen-bond donors (Lipinski definition) is 2. The van der Waals surface area contributed by atoms with E-state index in [-0.39, 0.29) is 16.7 Å². The highest BCUT2D eigenvalue weighted by Gasteiger charge is 2.38. The van der Waals surface area contributed by atoms with Crippen molar-refractivity contribution in [3.05, 3.63) is 29.1 Å². The largest absolute Gasteiger partial charge is 0.493 e. The van der Waals surface area contributed by atoms with Crippen molar-refractivity contribution < 1.29 is 19.0 Å². The average Bonchev–Trinajstić information content (AvgIpc) is 2.27. The van der Waals surface area contributed by atoms with Gasteiger partial charge in [-0.2, -0.15) is 0 Å². The molecule has 4 nitrogen and oxygen atoms in total. The first-order chi connectivity index (χ1) is 8.54. The van der Waals surface area contributed by atoms with Gasteiger partial charge in [0.05, 0.1) is 7.11 Å². The van der Waals surface area contributed by atoms with Crippen LogP contribution < -0.4 is 10.5 Å². The van der Waals surface area contributed by atoms with E-state index in [4.69, 9.17) is 15.6 Å². The molecule has 2 rings (SSSR count). The molecule has 98 valence electrons. The summed E-state index contributed by atoms with van der Waals surface area (Å²) in [5.41, 5.74) is 5.99. The van der Waals surface area contributed by atoms with E-state index in [1.807, 2.05) is 0 Å². The number of carboxylic acids is 1. The topological polar surface area (TPSA) is 72.5 Å². The van der Waals surface area contributed by atoms with E-state index in [0.29, 0.717) is 12.1 Å². The maximum Gasteiger partial charge on any atom is 0.339 e. The lowest BCUT2D eigenvalue weighted by molar-refractivity contribution is 0.0692. The molecule has 1 saturated carbocycles. The molecule has 0 radical (unpaired) electrons. The number of benzene rings is 1. The van der Waals surface area contributed by atoms with E-state index in [2.05, 4.69) is 0 Å². The molecule has 18 heavy (non-hydrogen) atoms. The molecule has 0 unspecified atom stereocenters. The summed E-state index contributed by atoms with van der Waals surface area (Å²) < 4.78 is 18.7. The lowest BCUT2D eigenvalue weighted by Gasteiger charge is -2.41. The van der Waals surface area contributed by atoms with E-state index >= 15 is 0 Å². The van der Waals surface area contributed by atoms with Crippen molar-refractivity contribution in [2.45, 2.75) is 24.7 Å². The van der Waals surface area contributed by atoms with Crippen molar-refractivity contribution in [3.8, 4) is 5.75 Å². The molecule has 1 fully saturated rings. The molecule has 1 aliphatic rings. The summed E-state index contributed by atoms with van der Waals surface area (Å²) in [5.74, 6) is -2.07. The quantitative estimate of drug-likeness (QED) is 0.859. The molecule has 0 atom stereocenters. The number of methoxy groups -OCH3 is 1. The van der Waals surface area contributed by atoms with Crippen LogP contribution in [0.4, 0.5) is 4.39 Å². The van der Waals surface area contributed by atoms with Crippen molar-refractivity contribution in [2.24, 2.45) is 5.73 Å². The van der Waals surface area contributed by atoms with Gasteiger partial charge < -0.3 is 15.6 Å². The molecule has 0 aliphatic heterocycles. The Bertz CT molecular complexity index is 478. The zero-order valence-corrected chi connectivity index (χ0v) is 10.2. The van der Waals surface area contributed by atoms with Crippen LogP contribution >= 0.6 is 0 Å². The molecule has 0 heterocycles. The monoisotopic (exact) mass is 253 g/mol. The second-order valence-corrected chi connectivity index (χ2v) is 4.68. The number of hydrogen-bond acceptors (Lipinski definition) is 3. The Morgan fingerprint density at radius 3 is 2.61 bits per heavy atom. The SMILES string of the molecule is COc1c(F)cc(C2(CN)CCC2)cc1C(=O)O. The van der Waals surface area contributed by atoms with Gasteiger partial charge in [-0.25, -0.2) is 9.18 Å².